The minimum absolute atomic E-state index is 0.384. The van der Waals surface area contributed by atoms with Gasteiger partial charge in [0.05, 0.1) is 0 Å². The van der Waals surface area contributed by atoms with Gasteiger partial charge in [-0.1, -0.05) is 0 Å². The van der Waals surface area contributed by atoms with Crippen molar-refractivity contribution in [3.8, 4) is 0 Å². The van der Waals surface area contributed by atoms with Crippen LogP contribution >= 0.6 is 0 Å². The molecule has 0 aromatic carbocycles. The van der Waals surface area contributed by atoms with Crippen LogP contribution in [0.5, 0.6) is 0 Å². The molecule has 2 saturated heterocycles. The minimum atomic E-state index is -0.898. The monoisotopic (exact) mass is 214 g/mol. The molecule has 2 fully saturated rings. The van der Waals surface area contributed by atoms with Gasteiger partial charge in [0.15, 0.2) is 0 Å². The quantitative estimate of drug-likeness (QED) is 0.619. The number of rotatable bonds is 0. The molecule has 0 atom stereocenters. The van der Waals surface area contributed by atoms with Crippen molar-refractivity contribution < 1.29 is 19.4 Å². The lowest BCUT2D eigenvalue weighted by molar-refractivity contribution is -0.0504. The van der Waals surface area contributed by atoms with E-state index in [-0.39, 0.29) is 6.09 Å². The number of alkyl carbamates (subject to hydrolysis) is 1. The molecule has 0 aliphatic carbocycles. The first-order valence-corrected chi connectivity index (χ1v) is 5.06. The lowest BCUT2D eigenvalue weighted by atomic mass is 9.87. The Bertz CT molecular complexity index is 284. The number of nitrogens with zero attached hydrogens (tertiary/aromatic N) is 1. The molecule has 15 heavy (non-hydrogen) atoms. The van der Waals surface area contributed by atoms with Crippen LogP contribution < -0.4 is 5.32 Å². The van der Waals surface area contributed by atoms with Gasteiger partial charge in [-0.15, -0.1) is 0 Å². The maximum Gasteiger partial charge on any atom is 0.407 e. The van der Waals surface area contributed by atoms with Gasteiger partial charge < -0.3 is 20.1 Å². The third-order valence-electron chi connectivity index (χ3n) is 3.10. The van der Waals surface area contributed by atoms with Gasteiger partial charge in [0.25, 0.3) is 0 Å². The smallest absolute Gasteiger partial charge is 0.407 e. The first-order valence-electron chi connectivity index (χ1n) is 5.06. The summed E-state index contributed by atoms with van der Waals surface area (Å²) < 4.78 is 5.27. The molecule has 2 aliphatic rings. The highest BCUT2D eigenvalue weighted by atomic mass is 16.6. The Kier molecular flexibility index (Phi) is 2.42. The molecule has 0 bridgehead atoms. The SMILES string of the molecule is O=C1NCCC2(CCN(C(=O)O)CC2)O1. The molecular formula is C9H14N2O4. The maximum absolute atomic E-state index is 11.1. The summed E-state index contributed by atoms with van der Waals surface area (Å²) in [5.41, 5.74) is -0.422. The molecule has 0 radical (unpaired) electrons. The average Bonchev–Trinajstić information content (AvgIpc) is 2.18. The Morgan fingerprint density at radius 2 is 2.07 bits per heavy atom. The summed E-state index contributed by atoms with van der Waals surface area (Å²) in [4.78, 5) is 23.1. The van der Waals surface area contributed by atoms with Gasteiger partial charge in [0.1, 0.15) is 5.60 Å². The lowest BCUT2D eigenvalue weighted by Crippen LogP contribution is -2.54. The van der Waals surface area contributed by atoms with Crippen molar-refractivity contribution in [3.05, 3.63) is 0 Å². The number of carbonyl (C=O) groups excluding carboxylic acids is 1. The lowest BCUT2D eigenvalue weighted by Gasteiger charge is -2.42. The molecule has 0 aromatic rings. The van der Waals surface area contributed by atoms with Gasteiger partial charge in [-0.3, -0.25) is 0 Å². The Balaban J connectivity index is 1.96. The van der Waals surface area contributed by atoms with Crippen LogP contribution in [0.2, 0.25) is 0 Å². The summed E-state index contributed by atoms with van der Waals surface area (Å²) in [6.45, 7) is 1.51. The van der Waals surface area contributed by atoms with Crippen LogP contribution in [0.25, 0.3) is 0 Å². The fourth-order valence-corrected chi connectivity index (χ4v) is 2.13. The van der Waals surface area contributed by atoms with Gasteiger partial charge in [0, 0.05) is 38.9 Å². The summed E-state index contributed by atoms with van der Waals surface area (Å²) in [6.07, 6.45) is 0.696. The average molecular weight is 214 g/mol. The second kappa shape index (κ2) is 3.60. The van der Waals surface area contributed by atoms with Crippen LogP contribution in [-0.4, -0.2) is 47.4 Å². The van der Waals surface area contributed by atoms with Crippen LogP contribution in [0, 0.1) is 0 Å². The van der Waals surface area contributed by atoms with Crippen molar-refractivity contribution in [1.82, 2.24) is 10.2 Å². The standard InChI is InChI=1S/C9H14N2O4/c12-7-10-4-1-9(15-7)2-5-11(6-3-9)8(13)14/h1-6H2,(H,10,12)(H,13,14). The Labute approximate surface area is 87.2 Å². The normalized spacial score (nSPS) is 24.5. The van der Waals surface area contributed by atoms with Crippen molar-refractivity contribution in [1.29, 1.82) is 0 Å². The van der Waals surface area contributed by atoms with Crippen LogP contribution in [0.4, 0.5) is 9.59 Å². The van der Waals surface area contributed by atoms with E-state index in [1.54, 1.807) is 0 Å². The van der Waals surface area contributed by atoms with Crippen molar-refractivity contribution >= 4 is 12.2 Å². The fraction of sp³-hybridized carbons (Fsp3) is 0.778. The van der Waals surface area contributed by atoms with Crippen molar-refractivity contribution in [2.45, 2.75) is 24.9 Å². The molecule has 2 aliphatic heterocycles. The van der Waals surface area contributed by atoms with Crippen LogP contribution in [0.1, 0.15) is 19.3 Å². The zero-order valence-electron chi connectivity index (χ0n) is 8.36. The predicted octanol–water partition coefficient (Wildman–Crippen LogP) is 0.629. The highest BCUT2D eigenvalue weighted by molar-refractivity contribution is 5.69. The Morgan fingerprint density at radius 3 is 2.60 bits per heavy atom. The van der Waals surface area contributed by atoms with Gasteiger partial charge in [-0.25, -0.2) is 9.59 Å². The van der Waals surface area contributed by atoms with E-state index in [0.29, 0.717) is 32.5 Å². The molecule has 6 heteroatoms. The third-order valence-corrected chi connectivity index (χ3v) is 3.10. The number of hydrogen-bond donors (Lipinski definition) is 2. The van der Waals surface area contributed by atoms with E-state index < -0.39 is 11.7 Å². The molecule has 1 spiro atoms. The van der Waals surface area contributed by atoms with Crippen LogP contribution in [0.15, 0.2) is 0 Å². The summed E-state index contributed by atoms with van der Waals surface area (Å²) in [7, 11) is 0. The number of piperidine rings is 1. The van der Waals surface area contributed by atoms with Crippen molar-refractivity contribution in [2.75, 3.05) is 19.6 Å². The van der Waals surface area contributed by atoms with E-state index in [9.17, 15) is 9.59 Å². The second-order valence-corrected chi connectivity index (χ2v) is 4.02. The summed E-state index contributed by atoms with van der Waals surface area (Å²) in [6, 6.07) is 0. The molecule has 2 heterocycles. The number of hydrogen-bond acceptors (Lipinski definition) is 3. The van der Waals surface area contributed by atoms with E-state index in [1.807, 2.05) is 0 Å². The first-order chi connectivity index (χ1) is 7.11. The predicted molar refractivity (Wildman–Crippen MR) is 50.7 cm³/mol. The summed E-state index contributed by atoms with van der Waals surface area (Å²) >= 11 is 0. The number of carboxylic acid groups (broad SMARTS) is 1. The Hall–Kier alpha value is -1.46. The molecule has 6 nitrogen and oxygen atoms in total. The van der Waals surface area contributed by atoms with Gasteiger partial charge >= 0.3 is 12.2 Å². The second-order valence-electron chi connectivity index (χ2n) is 4.02. The molecule has 2 amide bonds. The number of carbonyl (C=O) groups is 2. The van der Waals surface area contributed by atoms with E-state index in [4.69, 9.17) is 9.84 Å². The number of likely N-dealkylation sites (tertiary alicyclic amines) is 1. The zero-order valence-corrected chi connectivity index (χ0v) is 8.36. The molecule has 0 aromatic heterocycles. The minimum Gasteiger partial charge on any atom is -0.465 e. The highest BCUT2D eigenvalue weighted by Crippen LogP contribution is 2.31. The van der Waals surface area contributed by atoms with E-state index >= 15 is 0 Å². The zero-order chi connectivity index (χ0) is 10.9. The van der Waals surface area contributed by atoms with Crippen molar-refractivity contribution in [2.24, 2.45) is 0 Å². The van der Waals surface area contributed by atoms with Gasteiger partial charge in [-0.05, 0) is 0 Å². The van der Waals surface area contributed by atoms with Gasteiger partial charge in [0.2, 0.25) is 0 Å². The van der Waals surface area contributed by atoms with Crippen LogP contribution in [0.3, 0.4) is 0 Å². The number of nitrogens with one attached hydrogen (secondary N) is 1. The molecular weight excluding hydrogens is 200 g/mol. The Morgan fingerprint density at radius 1 is 1.40 bits per heavy atom. The van der Waals surface area contributed by atoms with E-state index in [1.165, 1.54) is 4.90 Å². The largest absolute Gasteiger partial charge is 0.465 e. The fourth-order valence-electron chi connectivity index (χ4n) is 2.13. The third kappa shape index (κ3) is 1.98. The first kappa shape index (κ1) is 10.1. The number of amides is 2. The summed E-state index contributed by atoms with van der Waals surface area (Å²) in [5, 5.41) is 11.4. The molecule has 2 rings (SSSR count). The van der Waals surface area contributed by atoms with E-state index in [0.717, 1.165) is 6.42 Å². The van der Waals surface area contributed by atoms with E-state index in [2.05, 4.69) is 5.32 Å². The molecule has 84 valence electrons. The summed E-state index contributed by atoms with van der Waals surface area (Å²) in [5.74, 6) is 0. The topological polar surface area (TPSA) is 78.9 Å². The van der Waals surface area contributed by atoms with Gasteiger partial charge in [-0.2, -0.15) is 0 Å². The molecule has 0 unspecified atom stereocenters. The molecule has 2 N–H and O–H groups in total. The van der Waals surface area contributed by atoms with Crippen molar-refractivity contribution in [3.63, 3.8) is 0 Å². The van der Waals surface area contributed by atoms with Crippen LogP contribution in [-0.2, 0) is 4.74 Å². The number of ether oxygens (including phenoxy) is 1. The maximum atomic E-state index is 11.1. The highest BCUT2D eigenvalue weighted by Gasteiger charge is 2.41. The molecule has 0 saturated carbocycles.